The summed E-state index contributed by atoms with van der Waals surface area (Å²) in [5.74, 6) is -0.329. The van der Waals surface area contributed by atoms with Gasteiger partial charge in [0.25, 0.3) is 0 Å². The molecule has 84 valence electrons. The molecule has 0 bridgehead atoms. The Labute approximate surface area is 97.6 Å². The molecule has 0 radical (unpaired) electrons. The summed E-state index contributed by atoms with van der Waals surface area (Å²) in [5, 5.41) is 4.74. The monoisotopic (exact) mass is 239 g/mol. The van der Waals surface area contributed by atoms with Gasteiger partial charge in [0.2, 0.25) is 0 Å². The minimum atomic E-state index is -0.329. The summed E-state index contributed by atoms with van der Waals surface area (Å²) in [6, 6.07) is 4.76. The molecule has 0 fully saturated rings. The molecule has 0 aliphatic rings. The predicted octanol–water partition coefficient (Wildman–Crippen LogP) is 2.43. The van der Waals surface area contributed by atoms with Crippen molar-refractivity contribution in [3.05, 3.63) is 46.5 Å². The number of aryl methyl sites for hydroxylation is 1. The average molecular weight is 240 g/mol. The van der Waals surface area contributed by atoms with Crippen molar-refractivity contribution in [1.82, 2.24) is 9.78 Å². The van der Waals surface area contributed by atoms with Crippen LogP contribution < -0.4 is 5.73 Å². The Morgan fingerprint density at radius 1 is 1.50 bits per heavy atom. The Morgan fingerprint density at radius 3 is 2.81 bits per heavy atom. The van der Waals surface area contributed by atoms with Gasteiger partial charge in [-0.1, -0.05) is 17.7 Å². The number of nitrogens with zero attached hydrogens (tertiary/aromatic N) is 2. The number of halogens is 2. The highest BCUT2D eigenvalue weighted by Crippen LogP contribution is 2.20. The largest absolute Gasteiger partial charge is 0.326 e. The summed E-state index contributed by atoms with van der Waals surface area (Å²) in [4.78, 5) is 0. The summed E-state index contributed by atoms with van der Waals surface area (Å²) >= 11 is 5.91. The van der Waals surface area contributed by atoms with Crippen molar-refractivity contribution < 1.29 is 4.39 Å². The maximum Gasteiger partial charge on any atom is 0.129 e. The van der Waals surface area contributed by atoms with E-state index in [1.807, 2.05) is 0 Å². The molecule has 0 amide bonds. The summed E-state index contributed by atoms with van der Waals surface area (Å²) in [7, 11) is 0. The average Bonchev–Trinajstić information content (AvgIpc) is 2.59. The van der Waals surface area contributed by atoms with Gasteiger partial charge in [-0.15, -0.1) is 0 Å². The normalized spacial score (nSPS) is 10.8. The first-order valence-electron chi connectivity index (χ1n) is 4.83. The molecule has 5 heteroatoms. The van der Waals surface area contributed by atoms with E-state index in [0.29, 0.717) is 22.0 Å². The van der Waals surface area contributed by atoms with Crippen LogP contribution in [0, 0.1) is 12.7 Å². The van der Waals surface area contributed by atoms with Gasteiger partial charge in [0.15, 0.2) is 0 Å². The van der Waals surface area contributed by atoms with Crippen LogP contribution in [0.15, 0.2) is 24.4 Å². The van der Waals surface area contributed by atoms with E-state index in [1.165, 1.54) is 6.07 Å². The van der Waals surface area contributed by atoms with Gasteiger partial charge in [0.1, 0.15) is 5.82 Å². The highest BCUT2D eigenvalue weighted by molar-refractivity contribution is 6.31. The Hall–Kier alpha value is -1.39. The number of hydrogen-bond acceptors (Lipinski definition) is 2. The molecule has 0 spiro atoms. The molecule has 2 rings (SSSR count). The van der Waals surface area contributed by atoms with Crippen LogP contribution in [0.1, 0.15) is 11.3 Å². The van der Waals surface area contributed by atoms with Gasteiger partial charge in [0.05, 0.1) is 16.4 Å². The molecule has 1 aromatic heterocycles. The van der Waals surface area contributed by atoms with Crippen molar-refractivity contribution in [3.63, 3.8) is 0 Å². The van der Waals surface area contributed by atoms with Crippen LogP contribution in [0.2, 0.25) is 5.02 Å². The molecule has 16 heavy (non-hydrogen) atoms. The first-order valence-corrected chi connectivity index (χ1v) is 5.21. The lowest BCUT2D eigenvalue weighted by Gasteiger charge is -2.08. The van der Waals surface area contributed by atoms with Gasteiger partial charge < -0.3 is 5.73 Å². The Morgan fingerprint density at radius 2 is 2.25 bits per heavy atom. The first kappa shape index (κ1) is 11.1. The van der Waals surface area contributed by atoms with Crippen LogP contribution >= 0.6 is 11.6 Å². The van der Waals surface area contributed by atoms with E-state index in [-0.39, 0.29) is 12.4 Å². The van der Waals surface area contributed by atoms with Crippen LogP contribution in [0.25, 0.3) is 5.69 Å². The summed E-state index contributed by atoms with van der Waals surface area (Å²) in [5.41, 5.74) is 7.28. The second kappa shape index (κ2) is 4.23. The lowest BCUT2D eigenvalue weighted by molar-refractivity contribution is 0.607. The van der Waals surface area contributed by atoms with E-state index in [2.05, 4.69) is 5.10 Å². The number of hydrogen-bond donors (Lipinski definition) is 1. The third-order valence-electron chi connectivity index (χ3n) is 2.38. The van der Waals surface area contributed by atoms with Gasteiger partial charge in [-0.2, -0.15) is 5.10 Å². The third-order valence-corrected chi connectivity index (χ3v) is 2.76. The molecule has 3 nitrogen and oxygen atoms in total. The molecular formula is C11H11ClFN3. The predicted molar refractivity (Wildman–Crippen MR) is 61.2 cm³/mol. The van der Waals surface area contributed by atoms with E-state index < -0.39 is 0 Å². The van der Waals surface area contributed by atoms with Crippen LogP contribution in [0.4, 0.5) is 4.39 Å². The standard InChI is InChI=1S/C11H11ClFN3/c1-7-9(12)6-16(15-7)11-4-2-3-10(13)8(11)5-14/h2-4,6H,5,14H2,1H3. The topological polar surface area (TPSA) is 43.8 Å². The smallest absolute Gasteiger partial charge is 0.129 e. The zero-order valence-electron chi connectivity index (χ0n) is 8.74. The van der Waals surface area contributed by atoms with Crippen LogP contribution in [0.3, 0.4) is 0 Å². The highest BCUT2D eigenvalue weighted by atomic mass is 35.5. The fraction of sp³-hybridized carbons (Fsp3) is 0.182. The Kier molecular flexibility index (Phi) is 2.94. The minimum Gasteiger partial charge on any atom is -0.326 e. The second-order valence-corrected chi connectivity index (χ2v) is 3.86. The number of aromatic nitrogens is 2. The quantitative estimate of drug-likeness (QED) is 0.875. The maximum atomic E-state index is 13.5. The summed E-state index contributed by atoms with van der Waals surface area (Å²) in [6.07, 6.45) is 1.64. The first-order chi connectivity index (χ1) is 7.63. The molecule has 0 aliphatic carbocycles. The van der Waals surface area contributed by atoms with Crippen molar-refractivity contribution in [2.75, 3.05) is 0 Å². The van der Waals surface area contributed by atoms with E-state index in [1.54, 1.807) is 29.9 Å². The zero-order valence-corrected chi connectivity index (χ0v) is 9.50. The number of benzene rings is 1. The van der Waals surface area contributed by atoms with Crippen LogP contribution in [0.5, 0.6) is 0 Å². The fourth-order valence-corrected chi connectivity index (χ4v) is 1.66. The SMILES string of the molecule is Cc1nn(-c2cccc(F)c2CN)cc1Cl. The maximum absolute atomic E-state index is 13.5. The van der Waals surface area contributed by atoms with Crippen LogP contribution in [-0.4, -0.2) is 9.78 Å². The molecule has 1 heterocycles. The van der Waals surface area contributed by atoms with Gasteiger partial charge in [0, 0.05) is 18.3 Å². The van der Waals surface area contributed by atoms with Crippen molar-refractivity contribution in [2.45, 2.75) is 13.5 Å². The molecule has 2 N–H and O–H groups in total. The minimum absolute atomic E-state index is 0.124. The molecule has 0 unspecified atom stereocenters. The van der Waals surface area contributed by atoms with Gasteiger partial charge in [-0.3, -0.25) is 0 Å². The van der Waals surface area contributed by atoms with E-state index in [4.69, 9.17) is 17.3 Å². The zero-order chi connectivity index (χ0) is 11.7. The van der Waals surface area contributed by atoms with Gasteiger partial charge in [-0.05, 0) is 19.1 Å². The summed E-state index contributed by atoms with van der Waals surface area (Å²) < 4.78 is 15.0. The molecular weight excluding hydrogens is 229 g/mol. The molecule has 0 saturated heterocycles. The van der Waals surface area contributed by atoms with Gasteiger partial charge in [-0.25, -0.2) is 9.07 Å². The molecule has 2 aromatic rings. The van der Waals surface area contributed by atoms with E-state index in [9.17, 15) is 4.39 Å². The second-order valence-electron chi connectivity index (χ2n) is 3.45. The number of nitrogens with two attached hydrogens (primary N) is 1. The van der Waals surface area contributed by atoms with E-state index >= 15 is 0 Å². The van der Waals surface area contributed by atoms with Crippen molar-refractivity contribution in [1.29, 1.82) is 0 Å². The van der Waals surface area contributed by atoms with Crippen molar-refractivity contribution in [2.24, 2.45) is 5.73 Å². The highest BCUT2D eigenvalue weighted by Gasteiger charge is 2.10. The fourth-order valence-electron chi connectivity index (χ4n) is 1.53. The molecule has 0 atom stereocenters. The third kappa shape index (κ3) is 1.81. The summed E-state index contributed by atoms with van der Waals surface area (Å²) in [6.45, 7) is 1.92. The van der Waals surface area contributed by atoms with Crippen molar-refractivity contribution >= 4 is 11.6 Å². The molecule has 0 saturated carbocycles. The van der Waals surface area contributed by atoms with E-state index in [0.717, 1.165) is 0 Å². The Balaban J connectivity index is 2.59. The number of rotatable bonds is 2. The van der Waals surface area contributed by atoms with Gasteiger partial charge >= 0.3 is 0 Å². The van der Waals surface area contributed by atoms with Crippen LogP contribution in [-0.2, 0) is 6.54 Å². The molecule has 0 aliphatic heterocycles. The Bertz CT molecular complexity index is 502. The lowest BCUT2D eigenvalue weighted by atomic mass is 10.1. The lowest BCUT2D eigenvalue weighted by Crippen LogP contribution is -2.07. The molecule has 1 aromatic carbocycles. The van der Waals surface area contributed by atoms with Crippen molar-refractivity contribution in [3.8, 4) is 5.69 Å².